The summed E-state index contributed by atoms with van der Waals surface area (Å²) in [4.78, 5) is 31.2. The van der Waals surface area contributed by atoms with E-state index in [2.05, 4.69) is 5.32 Å². The van der Waals surface area contributed by atoms with E-state index in [4.69, 9.17) is 15.5 Å². The first-order valence-corrected chi connectivity index (χ1v) is 13.6. The number of pyridine rings is 2. The quantitative estimate of drug-likeness (QED) is 0.294. The highest BCUT2D eigenvalue weighted by Crippen LogP contribution is 2.46. The molecule has 4 aromatic rings. The molecule has 2 aliphatic heterocycles. The molecule has 2 atom stereocenters. The SMILES string of the molecule is CC[C@@]1(O)C(=O)OCc2c1cc1n(c2=O)Cc2c-1nc1cc(F)c(C)c3c1c2[C@@H](Nc1cccc(CN)c1)CC3. The topological polar surface area (TPSA) is 119 Å². The Morgan fingerprint density at radius 3 is 2.83 bits per heavy atom. The number of hydrogen-bond acceptors (Lipinski definition) is 7. The van der Waals surface area contributed by atoms with E-state index in [9.17, 15) is 14.7 Å². The Morgan fingerprint density at radius 2 is 2.05 bits per heavy atom. The number of hydrogen-bond donors (Lipinski definition) is 3. The summed E-state index contributed by atoms with van der Waals surface area (Å²) in [6, 6.07) is 11.0. The van der Waals surface area contributed by atoms with Crippen LogP contribution in [-0.4, -0.2) is 20.6 Å². The largest absolute Gasteiger partial charge is 0.458 e. The fourth-order valence-electron chi connectivity index (χ4n) is 6.69. The molecule has 3 aliphatic rings. The summed E-state index contributed by atoms with van der Waals surface area (Å²) in [6.45, 7) is 3.99. The fourth-order valence-corrected chi connectivity index (χ4v) is 6.69. The smallest absolute Gasteiger partial charge is 0.343 e. The molecular formula is C31H29FN4O4. The predicted octanol–water partition coefficient (Wildman–Crippen LogP) is 4.09. The van der Waals surface area contributed by atoms with Gasteiger partial charge in [-0.15, -0.1) is 0 Å². The van der Waals surface area contributed by atoms with Gasteiger partial charge in [0.15, 0.2) is 5.60 Å². The third-order valence-electron chi connectivity index (χ3n) is 8.88. The van der Waals surface area contributed by atoms with E-state index in [1.165, 1.54) is 6.07 Å². The van der Waals surface area contributed by atoms with Crippen LogP contribution in [0, 0.1) is 12.7 Å². The van der Waals surface area contributed by atoms with Crippen molar-refractivity contribution < 1.29 is 19.0 Å². The lowest BCUT2D eigenvalue weighted by Gasteiger charge is -2.31. The van der Waals surface area contributed by atoms with Crippen LogP contribution in [0.1, 0.15) is 64.8 Å². The Balaban J connectivity index is 1.48. The summed E-state index contributed by atoms with van der Waals surface area (Å²) >= 11 is 0. The minimum absolute atomic E-state index is 0.0622. The van der Waals surface area contributed by atoms with E-state index in [1.807, 2.05) is 24.3 Å². The van der Waals surface area contributed by atoms with Gasteiger partial charge in [0.25, 0.3) is 5.56 Å². The maximum atomic E-state index is 15.1. The van der Waals surface area contributed by atoms with E-state index in [0.717, 1.165) is 39.7 Å². The lowest BCUT2D eigenvalue weighted by molar-refractivity contribution is -0.172. The molecule has 0 amide bonds. The number of nitrogens with zero attached hydrogens (tertiary/aromatic N) is 2. The third kappa shape index (κ3) is 3.34. The van der Waals surface area contributed by atoms with Crippen molar-refractivity contribution in [2.45, 2.75) is 64.4 Å². The first kappa shape index (κ1) is 24.9. The van der Waals surface area contributed by atoms with Crippen molar-refractivity contribution in [1.29, 1.82) is 0 Å². The van der Waals surface area contributed by atoms with Crippen LogP contribution in [0.15, 0.2) is 41.2 Å². The van der Waals surface area contributed by atoms with Crippen molar-refractivity contribution in [2.24, 2.45) is 5.73 Å². The van der Waals surface area contributed by atoms with Crippen LogP contribution in [0.3, 0.4) is 0 Å². The fraction of sp³-hybridized carbons (Fsp3) is 0.323. The van der Waals surface area contributed by atoms with Crippen LogP contribution in [-0.2, 0) is 41.2 Å². The molecular weight excluding hydrogens is 511 g/mol. The Labute approximate surface area is 229 Å². The lowest BCUT2D eigenvalue weighted by Crippen LogP contribution is -2.44. The van der Waals surface area contributed by atoms with Gasteiger partial charge in [-0.25, -0.2) is 14.2 Å². The number of aryl methyl sites for hydroxylation is 1. The molecule has 0 spiro atoms. The number of rotatable bonds is 4. The van der Waals surface area contributed by atoms with Crippen molar-refractivity contribution in [1.82, 2.24) is 9.55 Å². The molecule has 7 rings (SSSR count). The van der Waals surface area contributed by atoms with E-state index >= 15 is 4.39 Å². The van der Waals surface area contributed by atoms with Crippen molar-refractivity contribution in [3.63, 3.8) is 0 Å². The summed E-state index contributed by atoms with van der Waals surface area (Å²) in [5.41, 5.74) is 11.2. The van der Waals surface area contributed by atoms with Gasteiger partial charge in [0.2, 0.25) is 0 Å². The minimum Gasteiger partial charge on any atom is -0.458 e. The van der Waals surface area contributed by atoms with Crippen LogP contribution in [0.5, 0.6) is 0 Å². The molecule has 0 unspecified atom stereocenters. The number of carbonyl (C=O) groups excluding carboxylic acids is 1. The monoisotopic (exact) mass is 540 g/mol. The number of aliphatic hydroxyl groups is 1. The highest BCUT2D eigenvalue weighted by atomic mass is 19.1. The molecule has 0 radical (unpaired) electrons. The van der Waals surface area contributed by atoms with Gasteiger partial charge in [0.1, 0.15) is 12.4 Å². The standard InChI is InChI=1S/C31H29FN4O4/c1-3-31(39)21-10-25-28-19(13-36(25)29(37)20(21)14-40-30(31)38)27-23(34-17-6-4-5-16(9-17)12-33)8-7-18-15(2)22(32)11-24(35-28)26(18)27/h4-6,9-11,23,34,39H,3,7-8,12-14,33H2,1-2H3/t23-,31-/m0/s1. The van der Waals surface area contributed by atoms with Gasteiger partial charge in [-0.3, -0.25) is 4.79 Å². The Bertz CT molecular complexity index is 1830. The van der Waals surface area contributed by atoms with Gasteiger partial charge >= 0.3 is 5.97 Å². The van der Waals surface area contributed by atoms with Gasteiger partial charge < -0.3 is 25.5 Å². The normalized spacial score (nSPS) is 20.6. The highest BCUT2D eigenvalue weighted by molar-refractivity contribution is 5.93. The van der Waals surface area contributed by atoms with Gasteiger partial charge in [-0.05, 0) is 66.6 Å². The molecule has 4 N–H and O–H groups in total. The first-order valence-electron chi connectivity index (χ1n) is 13.6. The summed E-state index contributed by atoms with van der Waals surface area (Å²) < 4.78 is 21.9. The number of anilines is 1. The molecule has 204 valence electrons. The number of halogens is 1. The number of aromatic nitrogens is 2. The molecule has 0 bridgehead atoms. The number of benzene rings is 2. The number of fused-ring (bicyclic) bond motifs is 5. The number of ether oxygens (including phenoxy) is 1. The number of esters is 1. The van der Waals surface area contributed by atoms with Crippen LogP contribution < -0.4 is 16.6 Å². The zero-order valence-electron chi connectivity index (χ0n) is 22.3. The molecule has 0 saturated heterocycles. The Morgan fingerprint density at radius 1 is 1.23 bits per heavy atom. The summed E-state index contributed by atoms with van der Waals surface area (Å²) in [5, 5.41) is 15.8. The average molecular weight is 541 g/mol. The van der Waals surface area contributed by atoms with Gasteiger partial charge in [0.05, 0.1) is 35.1 Å². The average Bonchev–Trinajstić information content (AvgIpc) is 3.33. The number of carbonyl (C=O) groups is 1. The van der Waals surface area contributed by atoms with E-state index in [-0.39, 0.29) is 48.1 Å². The lowest BCUT2D eigenvalue weighted by atomic mass is 9.81. The van der Waals surface area contributed by atoms with E-state index in [1.54, 1.807) is 24.5 Å². The zero-order chi connectivity index (χ0) is 27.9. The second kappa shape index (κ2) is 8.71. The second-order valence-electron chi connectivity index (χ2n) is 11.0. The summed E-state index contributed by atoms with van der Waals surface area (Å²) in [7, 11) is 0. The molecule has 8 nitrogen and oxygen atoms in total. The van der Waals surface area contributed by atoms with Crippen molar-refractivity contribution in [3.05, 3.63) is 91.5 Å². The second-order valence-corrected chi connectivity index (χ2v) is 11.0. The maximum absolute atomic E-state index is 15.1. The van der Waals surface area contributed by atoms with Crippen molar-refractivity contribution in [2.75, 3.05) is 5.32 Å². The Kier molecular flexibility index (Phi) is 5.43. The summed E-state index contributed by atoms with van der Waals surface area (Å²) in [5.74, 6) is -1.08. The molecule has 4 heterocycles. The van der Waals surface area contributed by atoms with Gasteiger partial charge in [-0.2, -0.15) is 0 Å². The zero-order valence-corrected chi connectivity index (χ0v) is 22.3. The van der Waals surface area contributed by atoms with Crippen LogP contribution >= 0.6 is 0 Å². The van der Waals surface area contributed by atoms with Crippen LogP contribution in [0.2, 0.25) is 0 Å². The third-order valence-corrected chi connectivity index (χ3v) is 8.88. The molecule has 2 aromatic heterocycles. The van der Waals surface area contributed by atoms with Gasteiger partial charge in [0, 0.05) is 34.8 Å². The highest BCUT2D eigenvalue weighted by Gasteiger charge is 2.46. The molecule has 9 heteroatoms. The van der Waals surface area contributed by atoms with Crippen molar-refractivity contribution in [3.8, 4) is 11.4 Å². The van der Waals surface area contributed by atoms with Crippen LogP contribution in [0.25, 0.3) is 22.3 Å². The summed E-state index contributed by atoms with van der Waals surface area (Å²) in [6.07, 6.45) is 1.48. The van der Waals surface area contributed by atoms with Crippen LogP contribution in [0.4, 0.5) is 10.1 Å². The predicted molar refractivity (Wildman–Crippen MR) is 148 cm³/mol. The van der Waals surface area contributed by atoms with Crippen molar-refractivity contribution >= 4 is 22.6 Å². The Hall–Kier alpha value is -4.08. The molecule has 0 saturated carbocycles. The van der Waals surface area contributed by atoms with Gasteiger partial charge in [-0.1, -0.05) is 19.1 Å². The molecule has 0 fully saturated rings. The number of nitrogens with one attached hydrogen (secondary N) is 1. The maximum Gasteiger partial charge on any atom is 0.343 e. The molecule has 2 aromatic carbocycles. The molecule has 1 aliphatic carbocycles. The minimum atomic E-state index is -1.91. The number of cyclic esters (lactones) is 1. The molecule has 40 heavy (non-hydrogen) atoms. The first-order chi connectivity index (χ1) is 19.2. The number of nitrogens with two attached hydrogens (primary N) is 1. The van der Waals surface area contributed by atoms with E-state index < -0.39 is 11.6 Å². The van der Waals surface area contributed by atoms with E-state index in [0.29, 0.717) is 35.4 Å².